The molecule has 0 aliphatic carbocycles. The van der Waals surface area contributed by atoms with E-state index in [1.165, 1.54) is 6.92 Å². The number of nitrogens with one attached hydrogen (secondary N) is 1. The second-order valence-electron chi connectivity index (χ2n) is 6.30. The molecular formula is C15H18F2INO4. The summed E-state index contributed by atoms with van der Waals surface area (Å²) >= 11 is 1.78. The van der Waals surface area contributed by atoms with Crippen LogP contribution in [0.15, 0.2) is 12.1 Å². The fraction of sp³-hybridized carbons (Fsp3) is 0.467. The molecule has 8 heteroatoms. The van der Waals surface area contributed by atoms with E-state index in [0.717, 1.165) is 12.1 Å². The first-order valence-electron chi connectivity index (χ1n) is 6.72. The first kappa shape index (κ1) is 19.6. The van der Waals surface area contributed by atoms with Crippen LogP contribution in [0.1, 0.15) is 33.3 Å². The molecule has 1 unspecified atom stereocenters. The minimum Gasteiger partial charge on any atom is -0.480 e. The maximum Gasteiger partial charge on any atom is 0.408 e. The highest BCUT2D eigenvalue weighted by Crippen LogP contribution is 2.23. The number of hydrogen-bond acceptors (Lipinski definition) is 3. The number of carboxylic acids is 1. The van der Waals surface area contributed by atoms with E-state index in [1.807, 2.05) is 0 Å². The first-order valence-corrected chi connectivity index (χ1v) is 7.80. The Kier molecular flexibility index (Phi) is 5.95. The van der Waals surface area contributed by atoms with Crippen LogP contribution in [-0.2, 0) is 16.0 Å². The van der Waals surface area contributed by atoms with Crippen LogP contribution in [0.5, 0.6) is 0 Å². The van der Waals surface area contributed by atoms with Gasteiger partial charge in [0.05, 0.1) is 0 Å². The first-order chi connectivity index (χ1) is 10.3. The summed E-state index contributed by atoms with van der Waals surface area (Å²) in [4.78, 5) is 23.4. The average Bonchev–Trinajstić information content (AvgIpc) is 2.33. The second-order valence-corrected chi connectivity index (χ2v) is 7.46. The molecule has 0 fully saturated rings. The summed E-state index contributed by atoms with van der Waals surface area (Å²) in [5.41, 5.74) is -2.25. The average molecular weight is 441 g/mol. The second kappa shape index (κ2) is 6.98. The van der Waals surface area contributed by atoms with Gasteiger partial charge in [0.2, 0.25) is 0 Å². The van der Waals surface area contributed by atoms with Gasteiger partial charge in [-0.15, -0.1) is 0 Å². The van der Waals surface area contributed by atoms with Crippen LogP contribution in [-0.4, -0.2) is 28.3 Å². The van der Waals surface area contributed by atoms with Gasteiger partial charge in [0, 0.05) is 9.99 Å². The van der Waals surface area contributed by atoms with Gasteiger partial charge < -0.3 is 15.2 Å². The molecule has 1 rings (SSSR count). The lowest BCUT2D eigenvalue weighted by Gasteiger charge is -2.29. The summed E-state index contributed by atoms with van der Waals surface area (Å²) in [6, 6.07) is 1.90. The Morgan fingerprint density at radius 3 is 2.22 bits per heavy atom. The third kappa shape index (κ3) is 5.60. The van der Waals surface area contributed by atoms with Gasteiger partial charge in [0.25, 0.3) is 0 Å². The number of hydrogen-bond donors (Lipinski definition) is 2. The van der Waals surface area contributed by atoms with Crippen molar-refractivity contribution in [1.29, 1.82) is 0 Å². The van der Waals surface area contributed by atoms with Crippen LogP contribution in [0, 0.1) is 15.2 Å². The quantitative estimate of drug-likeness (QED) is 0.555. The van der Waals surface area contributed by atoms with Crippen molar-refractivity contribution < 1.29 is 28.2 Å². The molecule has 5 nitrogen and oxygen atoms in total. The molecule has 0 saturated heterocycles. The number of carboxylic acid groups (broad SMARTS) is 1. The van der Waals surface area contributed by atoms with E-state index in [9.17, 15) is 23.5 Å². The summed E-state index contributed by atoms with van der Waals surface area (Å²) in [5, 5.41) is 11.7. The van der Waals surface area contributed by atoms with E-state index in [2.05, 4.69) is 5.32 Å². The van der Waals surface area contributed by atoms with E-state index in [-0.39, 0.29) is 12.0 Å². The highest BCUT2D eigenvalue weighted by atomic mass is 127. The van der Waals surface area contributed by atoms with Gasteiger partial charge in [-0.05, 0) is 68.0 Å². The third-order valence-electron chi connectivity index (χ3n) is 2.88. The van der Waals surface area contributed by atoms with Crippen molar-refractivity contribution in [3.8, 4) is 0 Å². The normalized spacial score (nSPS) is 14.0. The summed E-state index contributed by atoms with van der Waals surface area (Å²) in [6.07, 6.45) is -1.13. The van der Waals surface area contributed by atoms with Crippen molar-refractivity contribution in [2.24, 2.45) is 0 Å². The minimum atomic E-state index is -1.73. The summed E-state index contributed by atoms with van der Waals surface area (Å²) < 4.78 is 31.9. The zero-order valence-electron chi connectivity index (χ0n) is 13.2. The van der Waals surface area contributed by atoms with Crippen LogP contribution in [0.3, 0.4) is 0 Å². The van der Waals surface area contributed by atoms with E-state index in [1.54, 1.807) is 43.4 Å². The van der Waals surface area contributed by atoms with Crippen molar-refractivity contribution in [2.45, 2.75) is 45.3 Å². The van der Waals surface area contributed by atoms with Gasteiger partial charge in [-0.2, -0.15) is 0 Å². The van der Waals surface area contributed by atoms with E-state index in [0.29, 0.717) is 3.57 Å². The Hall–Kier alpha value is -1.45. The van der Waals surface area contributed by atoms with Crippen molar-refractivity contribution in [3.05, 3.63) is 32.9 Å². The molecule has 23 heavy (non-hydrogen) atoms. The highest BCUT2D eigenvalue weighted by Gasteiger charge is 2.37. The number of alkyl carbamates (subject to hydrolysis) is 1. The number of ether oxygens (including phenoxy) is 1. The van der Waals surface area contributed by atoms with Gasteiger partial charge in [0.1, 0.15) is 11.1 Å². The third-order valence-corrected chi connectivity index (χ3v) is 3.89. The monoisotopic (exact) mass is 441 g/mol. The standard InChI is InChI=1S/C15H18F2INO4/c1-14(2,3)23-13(22)19-15(4,12(20)21)7-8-5-9(16)10(17)6-11(8)18/h5-6H,7H2,1-4H3,(H,19,22)(H,20,21). The molecule has 1 aromatic carbocycles. The molecule has 128 valence electrons. The van der Waals surface area contributed by atoms with Gasteiger partial charge in [-0.25, -0.2) is 18.4 Å². The van der Waals surface area contributed by atoms with Crippen LogP contribution in [0.4, 0.5) is 13.6 Å². The number of carbonyl (C=O) groups is 2. The fourth-order valence-corrected chi connectivity index (χ4v) is 2.40. The van der Waals surface area contributed by atoms with Crippen LogP contribution < -0.4 is 5.32 Å². The van der Waals surface area contributed by atoms with Crippen LogP contribution >= 0.6 is 22.6 Å². The van der Waals surface area contributed by atoms with Crippen molar-refractivity contribution in [3.63, 3.8) is 0 Å². The summed E-state index contributed by atoms with van der Waals surface area (Å²) in [7, 11) is 0. The molecule has 1 amide bonds. The zero-order valence-corrected chi connectivity index (χ0v) is 15.3. The molecule has 2 N–H and O–H groups in total. The van der Waals surface area contributed by atoms with Gasteiger partial charge in [-0.1, -0.05) is 0 Å². The maximum atomic E-state index is 13.4. The lowest BCUT2D eigenvalue weighted by Crippen LogP contribution is -2.55. The number of rotatable bonds is 4. The smallest absolute Gasteiger partial charge is 0.408 e. The Morgan fingerprint density at radius 2 is 1.74 bits per heavy atom. The molecule has 0 aliphatic rings. The zero-order chi connectivity index (χ0) is 18.0. The summed E-state index contributed by atoms with van der Waals surface area (Å²) in [6.45, 7) is 6.20. The largest absolute Gasteiger partial charge is 0.480 e. The molecule has 1 aromatic rings. The molecule has 0 saturated carbocycles. The predicted octanol–water partition coefficient (Wildman–Crippen LogP) is 3.48. The molecule has 0 spiro atoms. The number of aliphatic carboxylic acids is 1. The van der Waals surface area contributed by atoms with Gasteiger partial charge >= 0.3 is 12.1 Å². The highest BCUT2D eigenvalue weighted by molar-refractivity contribution is 14.1. The topological polar surface area (TPSA) is 75.6 Å². The Morgan fingerprint density at radius 1 is 1.22 bits per heavy atom. The van der Waals surface area contributed by atoms with Crippen LogP contribution in [0.2, 0.25) is 0 Å². The molecule has 0 heterocycles. The van der Waals surface area contributed by atoms with Gasteiger partial charge in [-0.3, -0.25) is 0 Å². The number of amides is 1. The number of carbonyl (C=O) groups excluding carboxylic acids is 1. The molecule has 0 aromatic heterocycles. The lowest BCUT2D eigenvalue weighted by atomic mass is 9.93. The minimum absolute atomic E-state index is 0.225. The lowest BCUT2D eigenvalue weighted by molar-refractivity contribution is -0.144. The molecule has 1 atom stereocenters. The van der Waals surface area contributed by atoms with E-state index in [4.69, 9.17) is 4.74 Å². The van der Waals surface area contributed by atoms with Crippen molar-refractivity contribution >= 4 is 34.7 Å². The molecule has 0 radical (unpaired) electrons. The maximum absolute atomic E-state index is 13.4. The van der Waals surface area contributed by atoms with Gasteiger partial charge in [0.15, 0.2) is 11.6 Å². The SMILES string of the molecule is CC(C)(C)OC(=O)NC(C)(Cc1cc(F)c(F)cc1I)C(=O)O. The Labute approximate surface area is 146 Å². The van der Waals surface area contributed by atoms with E-state index < -0.39 is 34.8 Å². The molecular weight excluding hydrogens is 423 g/mol. The van der Waals surface area contributed by atoms with Crippen molar-refractivity contribution in [2.75, 3.05) is 0 Å². The Balaban J connectivity index is 3.05. The summed E-state index contributed by atoms with van der Waals surface area (Å²) in [5.74, 6) is -3.41. The Bertz CT molecular complexity index is 631. The predicted molar refractivity (Wildman–Crippen MR) is 88.2 cm³/mol. The molecule has 0 aliphatic heterocycles. The fourth-order valence-electron chi connectivity index (χ4n) is 1.78. The number of halogens is 3. The molecule has 0 bridgehead atoms. The van der Waals surface area contributed by atoms with E-state index >= 15 is 0 Å². The van der Waals surface area contributed by atoms with Crippen LogP contribution in [0.25, 0.3) is 0 Å². The van der Waals surface area contributed by atoms with Crippen molar-refractivity contribution in [1.82, 2.24) is 5.32 Å². The number of benzene rings is 1.